The Labute approximate surface area is 95.0 Å². The Morgan fingerprint density at radius 2 is 2.07 bits per heavy atom. The summed E-state index contributed by atoms with van der Waals surface area (Å²) in [6, 6.07) is 1.22. The van der Waals surface area contributed by atoms with E-state index in [1.54, 1.807) is 0 Å². The highest BCUT2D eigenvalue weighted by atomic mass is 35.5. The molecule has 5 nitrogen and oxygen atoms in total. The van der Waals surface area contributed by atoms with E-state index >= 15 is 0 Å². The molecule has 0 radical (unpaired) electrons. The zero-order chi connectivity index (χ0) is 11.6. The zero-order valence-corrected chi connectivity index (χ0v) is 9.06. The van der Waals surface area contributed by atoms with Gasteiger partial charge < -0.3 is 10.4 Å². The minimum absolute atomic E-state index is 0.00810. The number of nitrogens with one attached hydrogen (secondary N) is 1. The molecule has 0 fully saturated rings. The maximum atomic E-state index is 10.8. The topological polar surface area (TPSA) is 79.3 Å². The summed E-state index contributed by atoms with van der Waals surface area (Å²) >= 11 is 11.2. The van der Waals surface area contributed by atoms with E-state index in [9.17, 15) is 9.59 Å². The second kappa shape index (κ2) is 4.46. The lowest BCUT2D eigenvalue weighted by atomic mass is 10.2. The first-order valence-corrected chi connectivity index (χ1v) is 4.54. The van der Waals surface area contributed by atoms with Crippen LogP contribution in [-0.4, -0.2) is 22.0 Å². The average Bonchev–Trinajstić information content (AvgIpc) is 1.99. The van der Waals surface area contributed by atoms with Crippen LogP contribution in [-0.2, 0) is 4.79 Å². The van der Waals surface area contributed by atoms with E-state index in [2.05, 4.69) is 10.3 Å². The second-order valence-electron chi connectivity index (χ2n) is 2.64. The first-order valence-electron chi connectivity index (χ1n) is 3.78. The highest BCUT2D eigenvalue weighted by Gasteiger charge is 2.17. The van der Waals surface area contributed by atoms with Crippen molar-refractivity contribution < 1.29 is 14.7 Å². The van der Waals surface area contributed by atoms with E-state index in [4.69, 9.17) is 28.3 Å². The molecule has 0 spiro atoms. The van der Waals surface area contributed by atoms with Crippen LogP contribution < -0.4 is 5.32 Å². The van der Waals surface area contributed by atoms with Gasteiger partial charge in [0, 0.05) is 13.0 Å². The van der Waals surface area contributed by atoms with Crippen molar-refractivity contribution >= 4 is 40.8 Å². The quantitative estimate of drug-likeness (QED) is 0.786. The van der Waals surface area contributed by atoms with Crippen LogP contribution in [0, 0.1) is 0 Å². The van der Waals surface area contributed by atoms with Crippen molar-refractivity contribution in [2.24, 2.45) is 0 Å². The van der Waals surface area contributed by atoms with Crippen molar-refractivity contribution in [1.29, 1.82) is 0 Å². The third-order valence-corrected chi connectivity index (χ3v) is 1.94. The Kier molecular flexibility index (Phi) is 3.49. The number of nitrogens with zero attached hydrogens (tertiary/aromatic N) is 1. The van der Waals surface area contributed by atoms with Gasteiger partial charge in [0.15, 0.2) is 0 Å². The Balaban J connectivity index is 3.33. The van der Waals surface area contributed by atoms with Gasteiger partial charge in [-0.3, -0.25) is 4.79 Å². The number of halogens is 2. The van der Waals surface area contributed by atoms with Gasteiger partial charge in [0.05, 0.1) is 5.69 Å². The predicted molar refractivity (Wildman–Crippen MR) is 55.5 cm³/mol. The molecule has 0 unspecified atom stereocenters. The SMILES string of the molecule is CC(=O)Nc1cc(Cl)nc(Cl)c1C(=O)O. The number of aromatic carboxylic acids is 1. The van der Waals surface area contributed by atoms with Crippen LogP contribution in [0.2, 0.25) is 10.3 Å². The number of aromatic nitrogens is 1. The van der Waals surface area contributed by atoms with Crippen LogP contribution in [0.3, 0.4) is 0 Å². The lowest BCUT2D eigenvalue weighted by Crippen LogP contribution is -2.12. The van der Waals surface area contributed by atoms with Gasteiger partial charge in [-0.15, -0.1) is 0 Å². The van der Waals surface area contributed by atoms with Gasteiger partial charge in [0.1, 0.15) is 15.9 Å². The first-order chi connectivity index (χ1) is 6.91. The number of rotatable bonds is 2. The summed E-state index contributed by atoms with van der Waals surface area (Å²) in [6.07, 6.45) is 0. The first kappa shape index (κ1) is 11.7. The minimum Gasteiger partial charge on any atom is -0.478 e. The molecule has 2 N–H and O–H groups in total. The van der Waals surface area contributed by atoms with Crippen LogP contribution in [0.15, 0.2) is 6.07 Å². The molecule has 1 heterocycles. The number of pyridine rings is 1. The summed E-state index contributed by atoms with van der Waals surface area (Å²) in [5.41, 5.74) is -0.253. The van der Waals surface area contributed by atoms with Crippen molar-refractivity contribution in [2.75, 3.05) is 5.32 Å². The standard InChI is InChI=1S/C8H6Cl2N2O3/c1-3(13)11-4-2-5(9)12-7(10)6(4)8(14)15/h2H,1H3,(H,14,15)(H,11,12,13). The molecule has 15 heavy (non-hydrogen) atoms. The van der Waals surface area contributed by atoms with Gasteiger partial charge in [-0.2, -0.15) is 0 Å². The van der Waals surface area contributed by atoms with Crippen molar-refractivity contribution in [3.05, 3.63) is 21.9 Å². The molecule has 0 aromatic carbocycles. The Hall–Kier alpha value is -1.33. The Morgan fingerprint density at radius 1 is 1.47 bits per heavy atom. The molecular weight excluding hydrogens is 243 g/mol. The van der Waals surface area contributed by atoms with E-state index in [0.717, 1.165) is 0 Å². The van der Waals surface area contributed by atoms with Gasteiger partial charge >= 0.3 is 5.97 Å². The van der Waals surface area contributed by atoms with Gasteiger partial charge in [0.2, 0.25) is 5.91 Å². The third-order valence-electron chi connectivity index (χ3n) is 1.47. The van der Waals surface area contributed by atoms with E-state index in [1.165, 1.54) is 13.0 Å². The highest BCUT2D eigenvalue weighted by Crippen LogP contribution is 2.26. The van der Waals surface area contributed by atoms with Crippen LogP contribution in [0.4, 0.5) is 5.69 Å². The summed E-state index contributed by atoms with van der Waals surface area (Å²) in [5.74, 6) is -1.70. The fraction of sp³-hybridized carbons (Fsp3) is 0.125. The smallest absolute Gasteiger partial charge is 0.340 e. The number of carboxylic acids is 1. The number of carbonyl (C=O) groups excluding carboxylic acids is 1. The van der Waals surface area contributed by atoms with Crippen molar-refractivity contribution in [3.63, 3.8) is 0 Å². The normalized spacial score (nSPS) is 9.80. The van der Waals surface area contributed by atoms with Crippen LogP contribution in [0.1, 0.15) is 17.3 Å². The molecule has 1 rings (SSSR count). The number of hydrogen-bond acceptors (Lipinski definition) is 3. The summed E-state index contributed by atoms with van der Waals surface area (Å²) in [5, 5.41) is 10.9. The molecule has 0 aliphatic heterocycles. The van der Waals surface area contributed by atoms with Gasteiger partial charge in [0.25, 0.3) is 0 Å². The average molecular weight is 249 g/mol. The van der Waals surface area contributed by atoms with Crippen LogP contribution in [0.5, 0.6) is 0 Å². The van der Waals surface area contributed by atoms with Gasteiger partial charge in [-0.25, -0.2) is 9.78 Å². The summed E-state index contributed by atoms with van der Waals surface area (Å²) < 4.78 is 0. The minimum atomic E-state index is -1.28. The summed E-state index contributed by atoms with van der Waals surface area (Å²) in [7, 11) is 0. The van der Waals surface area contributed by atoms with Crippen molar-refractivity contribution in [2.45, 2.75) is 6.92 Å². The predicted octanol–water partition coefficient (Wildman–Crippen LogP) is 2.04. The monoisotopic (exact) mass is 248 g/mol. The molecular formula is C8H6Cl2N2O3. The van der Waals surface area contributed by atoms with Crippen molar-refractivity contribution in [1.82, 2.24) is 4.98 Å². The molecule has 1 amide bonds. The number of carbonyl (C=O) groups is 2. The molecule has 0 saturated carbocycles. The van der Waals surface area contributed by atoms with Crippen LogP contribution >= 0.6 is 23.2 Å². The fourth-order valence-electron chi connectivity index (χ4n) is 0.976. The fourth-order valence-corrected chi connectivity index (χ4v) is 1.49. The van der Waals surface area contributed by atoms with E-state index < -0.39 is 11.9 Å². The zero-order valence-electron chi connectivity index (χ0n) is 7.54. The summed E-state index contributed by atoms with van der Waals surface area (Å²) in [4.78, 5) is 25.2. The molecule has 0 bridgehead atoms. The highest BCUT2D eigenvalue weighted by molar-refractivity contribution is 6.35. The number of hydrogen-bond donors (Lipinski definition) is 2. The van der Waals surface area contributed by atoms with E-state index in [0.29, 0.717) is 0 Å². The lowest BCUT2D eigenvalue weighted by Gasteiger charge is -2.07. The molecule has 7 heteroatoms. The largest absolute Gasteiger partial charge is 0.478 e. The molecule has 1 aromatic rings. The summed E-state index contributed by atoms with van der Waals surface area (Å²) in [6.45, 7) is 1.24. The maximum Gasteiger partial charge on any atom is 0.340 e. The van der Waals surface area contributed by atoms with Gasteiger partial charge in [-0.1, -0.05) is 23.2 Å². The second-order valence-corrected chi connectivity index (χ2v) is 3.39. The van der Waals surface area contributed by atoms with E-state index in [1.807, 2.05) is 0 Å². The van der Waals surface area contributed by atoms with Crippen molar-refractivity contribution in [3.8, 4) is 0 Å². The maximum absolute atomic E-state index is 10.8. The molecule has 1 aromatic heterocycles. The molecule has 0 aliphatic carbocycles. The lowest BCUT2D eigenvalue weighted by molar-refractivity contribution is -0.114. The Bertz CT molecular complexity index is 434. The van der Waals surface area contributed by atoms with Crippen LogP contribution in [0.25, 0.3) is 0 Å². The molecule has 0 aliphatic rings. The third kappa shape index (κ3) is 2.81. The number of carboxylic acid groups (broad SMARTS) is 1. The molecule has 0 saturated heterocycles. The molecule has 80 valence electrons. The Morgan fingerprint density at radius 3 is 2.53 bits per heavy atom. The number of anilines is 1. The van der Waals surface area contributed by atoms with E-state index in [-0.39, 0.29) is 21.6 Å². The molecule has 0 atom stereocenters. The van der Waals surface area contributed by atoms with Gasteiger partial charge in [-0.05, 0) is 0 Å². The number of amides is 1.